The van der Waals surface area contributed by atoms with Crippen molar-refractivity contribution in [3.63, 3.8) is 0 Å². The number of thioether (sulfide) groups is 1. The number of carbonyl (C=O) groups is 3. The Balaban J connectivity index is 1.89. The summed E-state index contributed by atoms with van der Waals surface area (Å²) in [7, 11) is 2.71. The standard InChI is InChI=1S/C20H15BrClNO6S/c1-27-15-7-11(6-14(21)18(15)29-10-17(24)28-2)8-16-19(25)23(20(26)30-16)13-5-3-4-12(22)9-13/h3-9H,10H2,1-2H3/b16-8+. The second-order valence-corrected chi connectivity index (χ2v) is 8.18. The minimum Gasteiger partial charge on any atom is -0.493 e. The molecule has 1 aliphatic heterocycles. The predicted octanol–water partition coefficient (Wildman–Crippen LogP) is 4.90. The highest BCUT2D eigenvalue weighted by Gasteiger charge is 2.36. The molecule has 0 N–H and O–H groups in total. The normalized spacial score (nSPS) is 14.9. The zero-order chi connectivity index (χ0) is 21.8. The average molecular weight is 513 g/mol. The van der Waals surface area contributed by atoms with Gasteiger partial charge in [-0.2, -0.15) is 0 Å². The smallest absolute Gasteiger partial charge is 0.343 e. The SMILES string of the molecule is COC(=O)COc1c(Br)cc(/C=C2/SC(=O)N(c3cccc(Cl)c3)C2=O)cc1OC. The minimum atomic E-state index is -0.539. The van der Waals surface area contributed by atoms with Gasteiger partial charge in [-0.15, -0.1) is 0 Å². The fraction of sp³-hybridized carbons (Fsp3) is 0.150. The Morgan fingerprint density at radius 2 is 2.00 bits per heavy atom. The van der Waals surface area contributed by atoms with Crippen molar-refractivity contribution in [1.82, 2.24) is 0 Å². The van der Waals surface area contributed by atoms with Crippen LogP contribution in [0.4, 0.5) is 10.5 Å². The third-order valence-electron chi connectivity index (χ3n) is 3.97. The first-order valence-electron chi connectivity index (χ1n) is 8.44. The Labute approximate surface area is 190 Å². The van der Waals surface area contributed by atoms with Crippen molar-refractivity contribution in [2.45, 2.75) is 0 Å². The molecule has 2 aromatic carbocycles. The maximum absolute atomic E-state index is 12.8. The van der Waals surface area contributed by atoms with E-state index in [-0.39, 0.29) is 11.5 Å². The van der Waals surface area contributed by atoms with Gasteiger partial charge in [-0.05, 0) is 69.7 Å². The first-order valence-corrected chi connectivity index (χ1v) is 10.4. The van der Waals surface area contributed by atoms with Crippen molar-refractivity contribution >= 4 is 68.2 Å². The maximum Gasteiger partial charge on any atom is 0.343 e. The van der Waals surface area contributed by atoms with Crippen molar-refractivity contribution in [3.05, 3.63) is 56.4 Å². The highest BCUT2D eigenvalue weighted by Crippen LogP contribution is 2.40. The van der Waals surface area contributed by atoms with Crippen molar-refractivity contribution in [3.8, 4) is 11.5 Å². The molecule has 0 saturated carbocycles. The topological polar surface area (TPSA) is 82.1 Å². The summed E-state index contributed by atoms with van der Waals surface area (Å²) in [4.78, 5) is 37.9. The fourth-order valence-corrected chi connectivity index (χ4v) is 4.21. The molecule has 7 nitrogen and oxygen atoms in total. The van der Waals surface area contributed by atoms with Crippen molar-refractivity contribution < 1.29 is 28.6 Å². The lowest BCUT2D eigenvalue weighted by Crippen LogP contribution is -2.27. The lowest BCUT2D eigenvalue weighted by atomic mass is 10.1. The van der Waals surface area contributed by atoms with E-state index in [1.165, 1.54) is 14.2 Å². The Morgan fingerprint density at radius 1 is 1.23 bits per heavy atom. The molecule has 10 heteroatoms. The molecule has 1 aliphatic rings. The van der Waals surface area contributed by atoms with E-state index in [1.54, 1.807) is 42.5 Å². The monoisotopic (exact) mass is 511 g/mol. The number of amides is 2. The molecular formula is C20H15BrClNO6S. The molecule has 2 aromatic rings. The van der Waals surface area contributed by atoms with Gasteiger partial charge in [0.2, 0.25) is 0 Å². The van der Waals surface area contributed by atoms with E-state index < -0.39 is 17.1 Å². The van der Waals surface area contributed by atoms with Gasteiger partial charge in [-0.3, -0.25) is 9.59 Å². The Kier molecular flexibility index (Phi) is 7.06. The molecule has 0 bridgehead atoms. The number of esters is 1. The van der Waals surface area contributed by atoms with Gasteiger partial charge in [-0.25, -0.2) is 9.69 Å². The van der Waals surface area contributed by atoms with Crippen LogP contribution >= 0.6 is 39.3 Å². The van der Waals surface area contributed by atoms with Gasteiger partial charge in [0.15, 0.2) is 18.1 Å². The van der Waals surface area contributed by atoms with Crippen LogP contribution in [0.5, 0.6) is 11.5 Å². The van der Waals surface area contributed by atoms with Crippen LogP contribution in [0.15, 0.2) is 45.8 Å². The maximum atomic E-state index is 12.8. The Morgan fingerprint density at radius 3 is 2.67 bits per heavy atom. The summed E-state index contributed by atoms with van der Waals surface area (Å²) in [5.74, 6) is -0.336. The summed E-state index contributed by atoms with van der Waals surface area (Å²) < 4.78 is 15.8. The van der Waals surface area contributed by atoms with Crippen LogP contribution in [-0.4, -0.2) is 37.9 Å². The number of anilines is 1. The largest absolute Gasteiger partial charge is 0.493 e. The van der Waals surface area contributed by atoms with Gasteiger partial charge in [0.25, 0.3) is 11.1 Å². The van der Waals surface area contributed by atoms with Crippen LogP contribution in [0.1, 0.15) is 5.56 Å². The van der Waals surface area contributed by atoms with Gasteiger partial charge in [0.05, 0.1) is 29.3 Å². The van der Waals surface area contributed by atoms with Gasteiger partial charge in [0, 0.05) is 5.02 Å². The third-order valence-corrected chi connectivity index (χ3v) is 5.67. The molecule has 1 saturated heterocycles. The average Bonchev–Trinajstić information content (AvgIpc) is 2.99. The van der Waals surface area contributed by atoms with E-state index in [1.807, 2.05) is 0 Å². The number of imide groups is 1. The number of hydrogen-bond donors (Lipinski definition) is 0. The number of halogens is 2. The van der Waals surface area contributed by atoms with Crippen LogP contribution in [0.25, 0.3) is 6.08 Å². The summed E-state index contributed by atoms with van der Waals surface area (Å²) in [6.45, 7) is -0.288. The number of rotatable bonds is 6. The number of carbonyl (C=O) groups excluding carboxylic acids is 3. The molecule has 0 aromatic heterocycles. The first kappa shape index (κ1) is 22.2. The van der Waals surface area contributed by atoms with E-state index in [2.05, 4.69) is 20.7 Å². The van der Waals surface area contributed by atoms with Gasteiger partial charge in [0.1, 0.15) is 0 Å². The highest BCUT2D eigenvalue weighted by molar-refractivity contribution is 9.10. The van der Waals surface area contributed by atoms with Crippen molar-refractivity contribution in [2.75, 3.05) is 25.7 Å². The van der Waals surface area contributed by atoms with Gasteiger partial charge in [-0.1, -0.05) is 17.7 Å². The third kappa shape index (κ3) is 4.80. The molecular weight excluding hydrogens is 498 g/mol. The Hall–Kier alpha value is -2.49. The summed E-state index contributed by atoms with van der Waals surface area (Å²) in [5, 5.41) is 0.00400. The molecule has 0 spiro atoms. The lowest BCUT2D eigenvalue weighted by molar-refractivity contribution is -0.142. The lowest BCUT2D eigenvalue weighted by Gasteiger charge is -2.13. The number of hydrogen-bond acceptors (Lipinski definition) is 7. The van der Waals surface area contributed by atoms with Crippen molar-refractivity contribution in [2.24, 2.45) is 0 Å². The first-order chi connectivity index (χ1) is 14.3. The number of benzene rings is 2. The van der Waals surface area contributed by atoms with Gasteiger partial charge < -0.3 is 14.2 Å². The summed E-state index contributed by atoms with van der Waals surface area (Å²) in [6, 6.07) is 9.83. The van der Waals surface area contributed by atoms with E-state index in [0.29, 0.717) is 32.2 Å². The summed E-state index contributed by atoms with van der Waals surface area (Å²) in [5.41, 5.74) is 0.999. The number of ether oxygens (including phenoxy) is 3. The molecule has 0 radical (unpaired) electrons. The predicted molar refractivity (Wildman–Crippen MR) is 118 cm³/mol. The van der Waals surface area contributed by atoms with Crippen LogP contribution in [0.2, 0.25) is 5.02 Å². The molecule has 0 atom stereocenters. The van der Waals surface area contributed by atoms with Crippen LogP contribution in [-0.2, 0) is 14.3 Å². The quantitative estimate of drug-likeness (QED) is 0.402. The van der Waals surface area contributed by atoms with Crippen molar-refractivity contribution in [1.29, 1.82) is 0 Å². The van der Waals surface area contributed by atoms with E-state index >= 15 is 0 Å². The molecule has 2 amide bonds. The molecule has 30 heavy (non-hydrogen) atoms. The summed E-state index contributed by atoms with van der Waals surface area (Å²) >= 11 is 10.2. The fourth-order valence-electron chi connectivity index (χ4n) is 2.61. The molecule has 156 valence electrons. The second-order valence-electron chi connectivity index (χ2n) is 5.90. The number of methoxy groups -OCH3 is 2. The van der Waals surface area contributed by atoms with Gasteiger partial charge >= 0.3 is 5.97 Å². The molecule has 1 heterocycles. The zero-order valence-corrected chi connectivity index (χ0v) is 19.0. The highest BCUT2D eigenvalue weighted by atomic mass is 79.9. The molecule has 0 aliphatic carbocycles. The van der Waals surface area contributed by atoms with Crippen LogP contribution in [0.3, 0.4) is 0 Å². The zero-order valence-electron chi connectivity index (χ0n) is 15.8. The molecule has 1 fully saturated rings. The Bertz CT molecular complexity index is 1060. The minimum absolute atomic E-state index is 0.247. The van der Waals surface area contributed by atoms with Crippen LogP contribution < -0.4 is 14.4 Å². The number of nitrogens with zero attached hydrogens (tertiary/aromatic N) is 1. The second kappa shape index (κ2) is 9.55. The molecule has 3 rings (SSSR count). The van der Waals surface area contributed by atoms with E-state index in [4.69, 9.17) is 21.1 Å². The van der Waals surface area contributed by atoms with Crippen LogP contribution in [0, 0.1) is 0 Å². The van der Waals surface area contributed by atoms with E-state index in [0.717, 1.165) is 16.7 Å². The summed E-state index contributed by atoms with van der Waals surface area (Å²) in [6.07, 6.45) is 1.58. The molecule has 0 unspecified atom stereocenters. The van der Waals surface area contributed by atoms with E-state index in [9.17, 15) is 14.4 Å².